The van der Waals surface area contributed by atoms with Crippen molar-refractivity contribution in [2.75, 3.05) is 13.2 Å². The lowest BCUT2D eigenvalue weighted by molar-refractivity contribution is 0.0754. The average molecular weight is 240 g/mol. The van der Waals surface area contributed by atoms with Gasteiger partial charge in [0.15, 0.2) is 0 Å². The van der Waals surface area contributed by atoms with Crippen LogP contribution in [0.4, 0.5) is 0 Å². The summed E-state index contributed by atoms with van der Waals surface area (Å²) < 4.78 is 5.34. The predicted octanol–water partition coefficient (Wildman–Crippen LogP) is 3.17. The molecule has 1 N–H and O–H groups in total. The van der Waals surface area contributed by atoms with Crippen LogP contribution in [0.15, 0.2) is 24.3 Å². The zero-order valence-electron chi connectivity index (χ0n) is 9.58. The van der Waals surface area contributed by atoms with E-state index in [-0.39, 0.29) is 0 Å². The average Bonchev–Trinajstić information content (AvgIpc) is 2.31. The van der Waals surface area contributed by atoms with Gasteiger partial charge in [-0.2, -0.15) is 0 Å². The first-order chi connectivity index (χ1) is 7.77. The van der Waals surface area contributed by atoms with Crippen LogP contribution in [-0.4, -0.2) is 19.3 Å². The Morgan fingerprint density at radius 3 is 2.69 bits per heavy atom. The molecule has 0 aromatic heterocycles. The first-order valence-corrected chi connectivity index (χ1v) is 6.23. The largest absolute Gasteiger partial charge is 0.381 e. The van der Waals surface area contributed by atoms with Gasteiger partial charge in [-0.3, -0.25) is 0 Å². The maximum Gasteiger partial charge on any atom is 0.0480 e. The maximum absolute atomic E-state index is 6.17. The molecule has 0 spiro atoms. The highest BCUT2D eigenvalue weighted by atomic mass is 35.5. The Bertz CT molecular complexity index is 336. The molecular weight excluding hydrogens is 222 g/mol. The van der Waals surface area contributed by atoms with Gasteiger partial charge in [-0.15, -0.1) is 0 Å². The monoisotopic (exact) mass is 239 g/mol. The second-order valence-corrected chi connectivity index (χ2v) is 4.70. The van der Waals surface area contributed by atoms with E-state index >= 15 is 0 Å². The number of hydrogen-bond donors (Lipinski definition) is 1. The summed E-state index contributed by atoms with van der Waals surface area (Å²) in [5.41, 5.74) is 1.18. The van der Waals surface area contributed by atoms with Crippen LogP contribution < -0.4 is 5.32 Å². The molecule has 16 heavy (non-hydrogen) atoms. The Labute approximate surface area is 102 Å². The number of rotatable bonds is 3. The molecule has 1 aromatic carbocycles. The van der Waals surface area contributed by atoms with Crippen molar-refractivity contribution in [1.29, 1.82) is 0 Å². The van der Waals surface area contributed by atoms with E-state index in [1.54, 1.807) is 0 Å². The Balaban J connectivity index is 1.96. The fourth-order valence-corrected chi connectivity index (χ4v) is 2.43. The van der Waals surface area contributed by atoms with Gasteiger partial charge in [0.2, 0.25) is 0 Å². The third-order valence-corrected chi connectivity index (χ3v) is 3.42. The van der Waals surface area contributed by atoms with Crippen molar-refractivity contribution in [3.63, 3.8) is 0 Å². The third kappa shape index (κ3) is 2.97. The van der Waals surface area contributed by atoms with Gasteiger partial charge in [-0.05, 0) is 31.4 Å². The lowest BCUT2D eigenvalue weighted by atomic mass is 10.0. The Kier molecular flexibility index (Phi) is 4.22. The molecule has 1 aliphatic heterocycles. The minimum absolute atomic E-state index is 0.303. The molecule has 1 heterocycles. The van der Waals surface area contributed by atoms with E-state index in [0.717, 1.165) is 31.1 Å². The molecule has 0 bridgehead atoms. The molecule has 0 radical (unpaired) electrons. The lowest BCUT2D eigenvalue weighted by Crippen LogP contribution is -2.36. The van der Waals surface area contributed by atoms with Crippen LogP contribution in [0.1, 0.15) is 31.4 Å². The van der Waals surface area contributed by atoms with Crippen molar-refractivity contribution in [2.45, 2.75) is 31.8 Å². The van der Waals surface area contributed by atoms with E-state index in [1.165, 1.54) is 5.56 Å². The number of ether oxygens (including phenoxy) is 1. The van der Waals surface area contributed by atoms with Crippen molar-refractivity contribution in [3.05, 3.63) is 34.9 Å². The van der Waals surface area contributed by atoms with Crippen molar-refractivity contribution >= 4 is 11.6 Å². The molecule has 0 aliphatic carbocycles. The molecule has 88 valence electrons. The molecular formula is C13H18ClNO. The molecule has 2 rings (SSSR count). The van der Waals surface area contributed by atoms with Crippen molar-refractivity contribution in [2.24, 2.45) is 0 Å². The van der Waals surface area contributed by atoms with Crippen molar-refractivity contribution < 1.29 is 4.74 Å². The van der Waals surface area contributed by atoms with Gasteiger partial charge in [0.1, 0.15) is 0 Å². The molecule has 3 heteroatoms. The summed E-state index contributed by atoms with van der Waals surface area (Å²) in [5.74, 6) is 0. The van der Waals surface area contributed by atoms with Gasteiger partial charge in [-0.1, -0.05) is 29.8 Å². The first-order valence-electron chi connectivity index (χ1n) is 5.85. The quantitative estimate of drug-likeness (QED) is 0.875. The topological polar surface area (TPSA) is 21.3 Å². The molecule has 0 saturated carbocycles. The summed E-state index contributed by atoms with van der Waals surface area (Å²) in [6, 6.07) is 8.88. The van der Waals surface area contributed by atoms with Crippen LogP contribution in [0, 0.1) is 0 Å². The molecule has 0 amide bonds. The molecule has 0 unspecified atom stereocenters. The van der Waals surface area contributed by atoms with E-state index in [0.29, 0.717) is 12.1 Å². The third-order valence-electron chi connectivity index (χ3n) is 3.08. The van der Waals surface area contributed by atoms with E-state index in [2.05, 4.69) is 18.3 Å². The molecule has 1 aliphatic rings. The number of halogens is 1. The number of hydrogen-bond acceptors (Lipinski definition) is 2. The maximum atomic E-state index is 6.17. The lowest BCUT2D eigenvalue weighted by Gasteiger charge is -2.27. The van der Waals surface area contributed by atoms with Gasteiger partial charge >= 0.3 is 0 Å². The van der Waals surface area contributed by atoms with Crippen molar-refractivity contribution in [1.82, 2.24) is 5.32 Å². The normalized spacial score (nSPS) is 19.6. The zero-order valence-corrected chi connectivity index (χ0v) is 10.3. The predicted molar refractivity (Wildman–Crippen MR) is 66.8 cm³/mol. The molecule has 2 nitrogen and oxygen atoms in total. The van der Waals surface area contributed by atoms with Gasteiger partial charge < -0.3 is 10.1 Å². The fourth-order valence-electron chi connectivity index (χ4n) is 2.13. The van der Waals surface area contributed by atoms with E-state index < -0.39 is 0 Å². The zero-order chi connectivity index (χ0) is 11.4. The summed E-state index contributed by atoms with van der Waals surface area (Å²) in [6.45, 7) is 3.90. The second-order valence-electron chi connectivity index (χ2n) is 4.30. The summed E-state index contributed by atoms with van der Waals surface area (Å²) in [7, 11) is 0. The summed E-state index contributed by atoms with van der Waals surface area (Å²) >= 11 is 6.17. The molecule has 1 fully saturated rings. The highest BCUT2D eigenvalue weighted by Gasteiger charge is 2.17. The second kappa shape index (κ2) is 5.67. The van der Waals surface area contributed by atoms with Crippen LogP contribution in [0.25, 0.3) is 0 Å². The highest BCUT2D eigenvalue weighted by molar-refractivity contribution is 6.31. The minimum Gasteiger partial charge on any atom is -0.381 e. The van der Waals surface area contributed by atoms with E-state index in [1.807, 2.05) is 18.2 Å². The molecule has 1 saturated heterocycles. The van der Waals surface area contributed by atoms with Crippen LogP contribution in [0.2, 0.25) is 5.02 Å². The minimum atomic E-state index is 0.303. The van der Waals surface area contributed by atoms with Crippen LogP contribution in [0.3, 0.4) is 0 Å². The van der Waals surface area contributed by atoms with Gasteiger partial charge in [0.25, 0.3) is 0 Å². The van der Waals surface area contributed by atoms with E-state index in [9.17, 15) is 0 Å². The SMILES string of the molecule is C[C@H](NC1CCOCC1)c1ccccc1Cl. The van der Waals surface area contributed by atoms with Gasteiger partial charge in [0.05, 0.1) is 0 Å². The Hall–Kier alpha value is -0.570. The Morgan fingerprint density at radius 2 is 2.00 bits per heavy atom. The van der Waals surface area contributed by atoms with Crippen molar-refractivity contribution in [3.8, 4) is 0 Å². The fraction of sp³-hybridized carbons (Fsp3) is 0.538. The van der Waals surface area contributed by atoms with Gasteiger partial charge in [0, 0.05) is 30.3 Å². The number of benzene rings is 1. The highest BCUT2D eigenvalue weighted by Crippen LogP contribution is 2.23. The number of nitrogens with one attached hydrogen (secondary N) is 1. The van der Waals surface area contributed by atoms with Gasteiger partial charge in [-0.25, -0.2) is 0 Å². The van der Waals surface area contributed by atoms with Crippen LogP contribution >= 0.6 is 11.6 Å². The summed E-state index contributed by atoms with van der Waals surface area (Å²) in [6.07, 6.45) is 2.18. The van der Waals surface area contributed by atoms with E-state index in [4.69, 9.17) is 16.3 Å². The summed E-state index contributed by atoms with van der Waals surface area (Å²) in [5, 5.41) is 4.45. The standard InChI is InChI=1S/C13H18ClNO/c1-10(12-4-2-3-5-13(12)14)15-11-6-8-16-9-7-11/h2-5,10-11,15H,6-9H2,1H3/t10-/m0/s1. The molecule has 1 atom stereocenters. The molecule has 1 aromatic rings. The van der Waals surface area contributed by atoms with Crippen LogP contribution in [-0.2, 0) is 4.74 Å². The van der Waals surface area contributed by atoms with Crippen LogP contribution in [0.5, 0.6) is 0 Å². The smallest absolute Gasteiger partial charge is 0.0480 e. The summed E-state index contributed by atoms with van der Waals surface area (Å²) in [4.78, 5) is 0. The Morgan fingerprint density at radius 1 is 1.31 bits per heavy atom. The first kappa shape index (κ1) is 11.9.